The van der Waals surface area contributed by atoms with Crippen molar-refractivity contribution in [1.82, 2.24) is 15.3 Å². The molecule has 6 heteroatoms. The van der Waals surface area contributed by atoms with Gasteiger partial charge in [-0.1, -0.05) is 0 Å². The topological polar surface area (TPSA) is 73.3 Å². The minimum atomic E-state index is -0.202. The van der Waals surface area contributed by atoms with E-state index in [0.29, 0.717) is 25.5 Å². The number of amides is 1. The molecule has 1 aliphatic heterocycles. The second kappa shape index (κ2) is 7.81. The van der Waals surface area contributed by atoms with Crippen LogP contribution in [-0.2, 0) is 9.47 Å². The van der Waals surface area contributed by atoms with Gasteiger partial charge in [0.2, 0.25) is 0 Å². The third-order valence-electron chi connectivity index (χ3n) is 2.87. The zero-order chi connectivity index (χ0) is 13.3. The molecule has 0 radical (unpaired) electrons. The van der Waals surface area contributed by atoms with Crippen molar-refractivity contribution in [3.05, 3.63) is 24.3 Å². The Hall–Kier alpha value is -1.53. The average molecular weight is 265 g/mol. The first-order valence-electron chi connectivity index (χ1n) is 6.60. The summed E-state index contributed by atoms with van der Waals surface area (Å²) in [4.78, 5) is 19.4. The number of ether oxygens (including phenoxy) is 2. The summed E-state index contributed by atoms with van der Waals surface area (Å²) in [6, 6.07) is 0. The van der Waals surface area contributed by atoms with Crippen LogP contribution in [0.1, 0.15) is 29.8 Å². The molecule has 0 bridgehead atoms. The van der Waals surface area contributed by atoms with Crippen LogP contribution < -0.4 is 5.32 Å². The van der Waals surface area contributed by atoms with E-state index in [2.05, 4.69) is 15.3 Å². The Morgan fingerprint density at radius 2 is 2.47 bits per heavy atom. The molecule has 104 valence electrons. The smallest absolute Gasteiger partial charge is 0.271 e. The average Bonchev–Trinajstić information content (AvgIpc) is 2.96. The molecule has 0 aliphatic carbocycles. The number of aromatic nitrogens is 2. The molecule has 1 N–H and O–H groups in total. The van der Waals surface area contributed by atoms with E-state index in [1.54, 1.807) is 0 Å². The normalized spacial score (nSPS) is 18.4. The van der Waals surface area contributed by atoms with Gasteiger partial charge in [-0.05, 0) is 19.3 Å². The van der Waals surface area contributed by atoms with E-state index < -0.39 is 0 Å². The molecule has 1 saturated heterocycles. The summed E-state index contributed by atoms with van der Waals surface area (Å²) in [5.74, 6) is -0.202. The van der Waals surface area contributed by atoms with Gasteiger partial charge in [0.05, 0.1) is 18.9 Å². The molecule has 1 aromatic heterocycles. The van der Waals surface area contributed by atoms with Gasteiger partial charge in [-0.15, -0.1) is 0 Å². The third-order valence-corrected chi connectivity index (χ3v) is 2.87. The second-order valence-corrected chi connectivity index (χ2v) is 4.41. The highest BCUT2D eigenvalue weighted by Gasteiger charge is 2.14. The summed E-state index contributed by atoms with van der Waals surface area (Å²) < 4.78 is 10.9. The van der Waals surface area contributed by atoms with E-state index in [0.717, 1.165) is 25.9 Å². The minimum Gasteiger partial charge on any atom is -0.379 e. The minimum absolute atomic E-state index is 0.202. The molecule has 0 aromatic carbocycles. The quantitative estimate of drug-likeness (QED) is 0.738. The molecule has 2 rings (SSSR count). The van der Waals surface area contributed by atoms with Crippen molar-refractivity contribution in [1.29, 1.82) is 0 Å². The largest absolute Gasteiger partial charge is 0.379 e. The molecular weight excluding hydrogens is 246 g/mol. The fraction of sp³-hybridized carbons (Fsp3) is 0.615. The van der Waals surface area contributed by atoms with Gasteiger partial charge in [0.15, 0.2) is 0 Å². The first-order chi connectivity index (χ1) is 9.36. The van der Waals surface area contributed by atoms with Crippen molar-refractivity contribution < 1.29 is 14.3 Å². The molecule has 0 saturated carbocycles. The van der Waals surface area contributed by atoms with E-state index in [-0.39, 0.29) is 12.0 Å². The Bertz CT molecular complexity index is 380. The van der Waals surface area contributed by atoms with Crippen LogP contribution in [0.25, 0.3) is 0 Å². The molecule has 19 heavy (non-hydrogen) atoms. The first kappa shape index (κ1) is 13.9. The fourth-order valence-electron chi connectivity index (χ4n) is 1.87. The Balaban J connectivity index is 1.51. The molecule has 1 amide bonds. The molecule has 1 aromatic rings. The number of carbonyl (C=O) groups is 1. The Labute approximate surface area is 112 Å². The number of rotatable bonds is 7. The van der Waals surface area contributed by atoms with Gasteiger partial charge in [0.25, 0.3) is 5.91 Å². The molecular formula is C13H19N3O3. The zero-order valence-electron chi connectivity index (χ0n) is 10.9. The SMILES string of the molecule is O=C(NCCCOC[C@@H]1CCCO1)c1cnccn1. The van der Waals surface area contributed by atoms with E-state index in [9.17, 15) is 4.79 Å². The van der Waals surface area contributed by atoms with E-state index in [4.69, 9.17) is 9.47 Å². The lowest BCUT2D eigenvalue weighted by atomic mass is 10.2. The van der Waals surface area contributed by atoms with Crippen molar-refractivity contribution in [3.8, 4) is 0 Å². The van der Waals surface area contributed by atoms with Crippen LogP contribution >= 0.6 is 0 Å². The molecule has 1 atom stereocenters. The lowest BCUT2D eigenvalue weighted by molar-refractivity contribution is 0.0166. The van der Waals surface area contributed by atoms with Gasteiger partial charge < -0.3 is 14.8 Å². The lowest BCUT2D eigenvalue weighted by Crippen LogP contribution is -2.26. The standard InChI is InChI=1S/C13H19N3O3/c17-13(12-9-14-5-6-15-12)16-4-2-7-18-10-11-3-1-8-19-11/h5-6,9,11H,1-4,7-8,10H2,(H,16,17)/t11-/m0/s1. The maximum atomic E-state index is 11.6. The predicted molar refractivity (Wildman–Crippen MR) is 68.8 cm³/mol. The summed E-state index contributed by atoms with van der Waals surface area (Å²) in [5, 5.41) is 2.77. The van der Waals surface area contributed by atoms with E-state index in [1.165, 1.54) is 18.6 Å². The van der Waals surface area contributed by atoms with Crippen LogP contribution in [0.3, 0.4) is 0 Å². The van der Waals surface area contributed by atoms with Crippen molar-refractivity contribution >= 4 is 5.91 Å². The summed E-state index contributed by atoms with van der Waals surface area (Å²) in [7, 11) is 0. The van der Waals surface area contributed by atoms with Gasteiger partial charge in [-0.25, -0.2) is 4.98 Å². The van der Waals surface area contributed by atoms with Crippen molar-refractivity contribution in [3.63, 3.8) is 0 Å². The van der Waals surface area contributed by atoms with Crippen molar-refractivity contribution in [2.45, 2.75) is 25.4 Å². The fourth-order valence-corrected chi connectivity index (χ4v) is 1.87. The highest BCUT2D eigenvalue weighted by atomic mass is 16.5. The van der Waals surface area contributed by atoms with Gasteiger partial charge in [0.1, 0.15) is 5.69 Å². The van der Waals surface area contributed by atoms with Gasteiger partial charge in [0, 0.05) is 32.2 Å². The van der Waals surface area contributed by atoms with Gasteiger partial charge >= 0.3 is 0 Å². The van der Waals surface area contributed by atoms with Crippen LogP contribution in [0.15, 0.2) is 18.6 Å². The predicted octanol–water partition coefficient (Wildman–Crippen LogP) is 0.792. The monoisotopic (exact) mass is 265 g/mol. The van der Waals surface area contributed by atoms with Crippen LogP contribution in [0, 0.1) is 0 Å². The van der Waals surface area contributed by atoms with Gasteiger partial charge in [-0.3, -0.25) is 9.78 Å². The summed E-state index contributed by atoms with van der Waals surface area (Å²) in [6.45, 7) is 2.70. The highest BCUT2D eigenvalue weighted by molar-refractivity contribution is 5.91. The Morgan fingerprint density at radius 1 is 1.53 bits per heavy atom. The van der Waals surface area contributed by atoms with Crippen molar-refractivity contribution in [2.75, 3.05) is 26.4 Å². The maximum absolute atomic E-state index is 11.6. The van der Waals surface area contributed by atoms with E-state index in [1.807, 2.05) is 0 Å². The Kier molecular flexibility index (Phi) is 5.71. The molecule has 0 spiro atoms. The van der Waals surface area contributed by atoms with E-state index >= 15 is 0 Å². The molecule has 2 heterocycles. The third kappa shape index (κ3) is 4.92. The number of nitrogens with one attached hydrogen (secondary N) is 1. The molecule has 1 fully saturated rings. The second-order valence-electron chi connectivity index (χ2n) is 4.41. The number of carbonyl (C=O) groups excluding carboxylic acids is 1. The number of nitrogens with zero attached hydrogens (tertiary/aromatic N) is 2. The summed E-state index contributed by atoms with van der Waals surface area (Å²) in [6.07, 6.45) is 7.73. The van der Waals surface area contributed by atoms with Crippen molar-refractivity contribution in [2.24, 2.45) is 0 Å². The van der Waals surface area contributed by atoms with Crippen LogP contribution in [0.5, 0.6) is 0 Å². The first-order valence-corrected chi connectivity index (χ1v) is 6.60. The van der Waals surface area contributed by atoms with Crippen LogP contribution in [0.2, 0.25) is 0 Å². The molecule has 1 aliphatic rings. The highest BCUT2D eigenvalue weighted by Crippen LogP contribution is 2.11. The number of hydrogen-bond donors (Lipinski definition) is 1. The summed E-state index contributed by atoms with van der Waals surface area (Å²) >= 11 is 0. The summed E-state index contributed by atoms with van der Waals surface area (Å²) in [5.41, 5.74) is 0.336. The van der Waals surface area contributed by atoms with Crippen LogP contribution in [0.4, 0.5) is 0 Å². The molecule has 6 nitrogen and oxygen atoms in total. The lowest BCUT2D eigenvalue weighted by Gasteiger charge is -2.10. The van der Waals surface area contributed by atoms with Crippen LogP contribution in [-0.4, -0.2) is 48.3 Å². The molecule has 0 unspecified atom stereocenters. The van der Waals surface area contributed by atoms with Gasteiger partial charge in [-0.2, -0.15) is 0 Å². The Morgan fingerprint density at radius 3 is 3.21 bits per heavy atom. The maximum Gasteiger partial charge on any atom is 0.271 e. The number of hydrogen-bond acceptors (Lipinski definition) is 5. The zero-order valence-corrected chi connectivity index (χ0v) is 10.9.